The van der Waals surface area contributed by atoms with Crippen molar-refractivity contribution < 1.29 is 19.1 Å². The molecule has 2 rings (SSSR count). The lowest BCUT2D eigenvalue weighted by Crippen LogP contribution is -2.46. The second kappa shape index (κ2) is 3.63. The quantitative estimate of drug-likeness (QED) is 0.670. The van der Waals surface area contributed by atoms with Gasteiger partial charge >= 0.3 is 11.9 Å². The molecule has 1 atom stereocenters. The number of rotatable bonds is 1. The smallest absolute Gasteiger partial charge is 0.350 e. The summed E-state index contributed by atoms with van der Waals surface area (Å²) in [6.07, 6.45) is 0.349. The van der Waals surface area contributed by atoms with Gasteiger partial charge in [-0.05, 0) is 18.6 Å². The zero-order valence-corrected chi connectivity index (χ0v) is 9.15. The molecular formula is C12H12O4. The minimum atomic E-state index is -1.21. The molecule has 1 aliphatic heterocycles. The lowest BCUT2D eigenvalue weighted by atomic mass is 9.90. The van der Waals surface area contributed by atoms with E-state index in [9.17, 15) is 9.59 Å². The first-order chi connectivity index (χ1) is 7.57. The van der Waals surface area contributed by atoms with E-state index in [1.807, 2.05) is 12.1 Å². The second-order valence-corrected chi connectivity index (χ2v) is 3.95. The molecule has 0 aromatic heterocycles. The van der Waals surface area contributed by atoms with Gasteiger partial charge in [0.1, 0.15) is 0 Å². The predicted molar refractivity (Wildman–Crippen MR) is 56.0 cm³/mol. The molecule has 1 heterocycles. The van der Waals surface area contributed by atoms with Crippen molar-refractivity contribution in [3.05, 3.63) is 35.4 Å². The lowest BCUT2D eigenvalue weighted by molar-refractivity contribution is -0.161. The standard InChI is InChI=1S/C12H12O4/c1-12(11(14)15-2)7-8-5-3-4-6-9(8)10(13)16-12/h3-6H,7H2,1-2H3. The molecule has 0 spiro atoms. The van der Waals surface area contributed by atoms with Gasteiger partial charge in [0.05, 0.1) is 12.7 Å². The van der Waals surface area contributed by atoms with E-state index in [0.29, 0.717) is 12.0 Å². The van der Waals surface area contributed by atoms with Gasteiger partial charge < -0.3 is 9.47 Å². The highest BCUT2D eigenvalue weighted by molar-refractivity contribution is 5.96. The Morgan fingerprint density at radius 3 is 2.81 bits per heavy atom. The highest BCUT2D eigenvalue weighted by Crippen LogP contribution is 2.28. The maximum absolute atomic E-state index is 11.7. The number of carbonyl (C=O) groups is 2. The minimum Gasteiger partial charge on any atom is -0.466 e. The molecule has 0 N–H and O–H groups in total. The minimum absolute atomic E-state index is 0.349. The third-order valence-electron chi connectivity index (χ3n) is 2.70. The molecule has 0 amide bonds. The van der Waals surface area contributed by atoms with Gasteiger partial charge in [-0.3, -0.25) is 0 Å². The van der Waals surface area contributed by atoms with Crippen LogP contribution in [-0.4, -0.2) is 24.6 Å². The Morgan fingerprint density at radius 1 is 1.44 bits per heavy atom. The first-order valence-electron chi connectivity index (χ1n) is 4.96. The molecule has 1 aromatic carbocycles. The third kappa shape index (κ3) is 1.56. The van der Waals surface area contributed by atoms with Crippen molar-refractivity contribution >= 4 is 11.9 Å². The number of ether oxygens (including phenoxy) is 2. The van der Waals surface area contributed by atoms with Crippen LogP contribution in [0, 0.1) is 0 Å². The van der Waals surface area contributed by atoms with Crippen molar-refractivity contribution in [1.82, 2.24) is 0 Å². The summed E-state index contributed by atoms with van der Waals surface area (Å²) >= 11 is 0. The molecule has 0 bridgehead atoms. The summed E-state index contributed by atoms with van der Waals surface area (Å²) in [4.78, 5) is 23.2. The van der Waals surface area contributed by atoms with Gasteiger partial charge in [-0.1, -0.05) is 18.2 Å². The highest BCUT2D eigenvalue weighted by atomic mass is 16.6. The van der Waals surface area contributed by atoms with Crippen LogP contribution in [0.4, 0.5) is 0 Å². The van der Waals surface area contributed by atoms with E-state index in [4.69, 9.17) is 4.74 Å². The van der Waals surface area contributed by atoms with Gasteiger partial charge in [-0.2, -0.15) is 0 Å². The van der Waals surface area contributed by atoms with E-state index in [1.165, 1.54) is 7.11 Å². The fraction of sp³-hybridized carbons (Fsp3) is 0.333. The van der Waals surface area contributed by atoms with Crippen LogP contribution in [0.5, 0.6) is 0 Å². The molecule has 1 unspecified atom stereocenters. The van der Waals surface area contributed by atoms with Gasteiger partial charge in [0.2, 0.25) is 5.60 Å². The van der Waals surface area contributed by atoms with Gasteiger partial charge in [-0.25, -0.2) is 9.59 Å². The van der Waals surface area contributed by atoms with Crippen LogP contribution < -0.4 is 0 Å². The molecule has 0 aliphatic carbocycles. The number of fused-ring (bicyclic) bond motifs is 1. The first-order valence-corrected chi connectivity index (χ1v) is 4.96. The number of carbonyl (C=O) groups excluding carboxylic acids is 2. The van der Waals surface area contributed by atoms with Gasteiger partial charge in [0.15, 0.2) is 0 Å². The monoisotopic (exact) mass is 220 g/mol. The zero-order chi connectivity index (χ0) is 11.8. The average Bonchev–Trinajstić information content (AvgIpc) is 2.27. The Morgan fingerprint density at radius 2 is 2.12 bits per heavy atom. The molecule has 4 nitrogen and oxygen atoms in total. The van der Waals surface area contributed by atoms with E-state index >= 15 is 0 Å². The van der Waals surface area contributed by atoms with Crippen LogP contribution in [-0.2, 0) is 20.7 Å². The summed E-state index contributed by atoms with van der Waals surface area (Å²) in [7, 11) is 1.28. The van der Waals surface area contributed by atoms with E-state index in [1.54, 1.807) is 19.1 Å². The SMILES string of the molecule is COC(=O)C1(C)Cc2ccccc2C(=O)O1. The van der Waals surface area contributed by atoms with Crippen LogP contribution in [0.2, 0.25) is 0 Å². The summed E-state index contributed by atoms with van der Waals surface area (Å²) in [5.74, 6) is -1.01. The van der Waals surface area contributed by atoms with Crippen molar-refractivity contribution in [2.24, 2.45) is 0 Å². The summed E-state index contributed by atoms with van der Waals surface area (Å²) < 4.78 is 9.78. The Balaban J connectivity index is 2.41. The Kier molecular flexibility index (Phi) is 2.42. The van der Waals surface area contributed by atoms with Crippen LogP contribution in [0.25, 0.3) is 0 Å². The Labute approximate surface area is 93.2 Å². The predicted octanol–water partition coefficient (Wildman–Crippen LogP) is 1.33. The second-order valence-electron chi connectivity index (χ2n) is 3.95. The maximum atomic E-state index is 11.7. The van der Waals surface area contributed by atoms with Crippen molar-refractivity contribution in [3.8, 4) is 0 Å². The molecule has 0 fully saturated rings. The summed E-state index contributed by atoms with van der Waals surface area (Å²) in [5, 5.41) is 0. The molecule has 0 saturated carbocycles. The van der Waals surface area contributed by atoms with E-state index in [0.717, 1.165) is 5.56 Å². The van der Waals surface area contributed by atoms with Gasteiger partial charge in [0.25, 0.3) is 0 Å². The number of esters is 2. The number of methoxy groups -OCH3 is 1. The third-order valence-corrected chi connectivity index (χ3v) is 2.70. The van der Waals surface area contributed by atoms with Crippen molar-refractivity contribution in [1.29, 1.82) is 0 Å². The molecule has 84 valence electrons. The Bertz CT molecular complexity index is 452. The van der Waals surface area contributed by atoms with Crippen LogP contribution in [0.3, 0.4) is 0 Å². The highest BCUT2D eigenvalue weighted by Gasteiger charge is 2.43. The maximum Gasteiger partial charge on any atom is 0.350 e. The molecule has 16 heavy (non-hydrogen) atoms. The molecule has 4 heteroatoms. The number of hydrogen-bond donors (Lipinski definition) is 0. The summed E-state index contributed by atoms with van der Waals surface area (Å²) in [6, 6.07) is 7.10. The zero-order valence-electron chi connectivity index (χ0n) is 9.15. The lowest BCUT2D eigenvalue weighted by Gasteiger charge is -2.31. The van der Waals surface area contributed by atoms with E-state index in [-0.39, 0.29) is 0 Å². The normalized spacial score (nSPS) is 23.2. The fourth-order valence-corrected chi connectivity index (χ4v) is 1.86. The van der Waals surface area contributed by atoms with E-state index < -0.39 is 17.5 Å². The van der Waals surface area contributed by atoms with Crippen LogP contribution in [0.1, 0.15) is 22.8 Å². The fourth-order valence-electron chi connectivity index (χ4n) is 1.86. The Hall–Kier alpha value is -1.84. The van der Waals surface area contributed by atoms with Crippen LogP contribution >= 0.6 is 0 Å². The molecule has 0 saturated heterocycles. The number of benzene rings is 1. The van der Waals surface area contributed by atoms with Crippen molar-refractivity contribution in [2.45, 2.75) is 18.9 Å². The van der Waals surface area contributed by atoms with Gasteiger partial charge in [0, 0.05) is 6.42 Å². The summed E-state index contributed by atoms with van der Waals surface area (Å²) in [5.41, 5.74) is 0.121. The van der Waals surface area contributed by atoms with E-state index in [2.05, 4.69) is 4.74 Å². The molecule has 1 aliphatic rings. The summed E-state index contributed by atoms with van der Waals surface area (Å²) in [6.45, 7) is 1.56. The van der Waals surface area contributed by atoms with Crippen molar-refractivity contribution in [3.63, 3.8) is 0 Å². The number of cyclic esters (lactones) is 1. The van der Waals surface area contributed by atoms with Crippen LogP contribution in [0.15, 0.2) is 24.3 Å². The topological polar surface area (TPSA) is 52.6 Å². The molecule has 1 aromatic rings. The van der Waals surface area contributed by atoms with Gasteiger partial charge in [-0.15, -0.1) is 0 Å². The van der Waals surface area contributed by atoms with Crippen molar-refractivity contribution in [2.75, 3.05) is 7.11 Å². The average molecular weight is 220 g/mol. The number of hydrogen-bond acceptors (Lipinski definition) is 4. The molecule has 0 radical (unpaired) electrons. The molecular weight excluding hydrogens is 208 g/mol. The first kappa shape index (κ1) is 10.7. The largest absolute Gasteiger partial charge is 0.466 e.